The van der Waals surface area contributed by atoms with Crippen molar-refractivity contribution in [3.63, 3.8) is 0 Å². The second kappa shape index (κ2) is 10.1. The molecule has 7 nitrogen and oxygen atoms in total. The first kappa shape index (κ1) is 20.9. The quantitative estimate of drug-likeness (QED) is 0.371. The molecule has 0 unspecified atom stereocenters. The van der Waals surface area contributed by atoms with Gasteiger partial charge in [0.25, 0.3) is 0 Å². The van der Waals surface area contributed by atoms with Gasteiger partial charge in [0.05, 0.1) is 16.9 Å². The average Bonchev–Trinajstić information content (AvgIpc) is 3.08. The Morgan fingerprint density at radius 1 is 1.34 bits per heavy atom. The van der Waals surface area contributed by atoms with Crippen molar-refractivity contribution in [3.05, 3.63) is 45.8 Å². The molecule has 0 atom stereocenters. The molecule has 0 aliphatic heterocycles. The number of amides is 1. The maximum atomic E-state index is 12.2. The normalized spacial score (nSPS) is 13.7. The third kappa shape index (κ3) is 5.37. The second-order valence-electron chi connectivity index (χ2n) is 6.35. The minimum Gasteiger partial charge on any atom is -0.508 e. The van der Waals surface area contributed by atoms with E-state index in [1.54, 1.807) is 31.3 Å². The number of carbonyl (C=O) groups excluding carboxylic acids is 1. The molecule has 29 heavy (non-hydrogen) atoms. The molecule has 0 spiro atoms. The Balaban J connectivity index is 1.49. The fourth-order valence-electron chi connectivity index (χ4n) is 3.04. The summed E-state index contributed by atoms with van der Waals surface area (Å²) in [6.45, 7) is 0. The van der Waals surface area contributed by atoms with E-state index in [4.69, 9.17) is 0 Å². The number of nitriles is 1. The number of aliphatic imine (C=N–C) groups is 1. The number of rotatable bonds is 6. The Kier molecular flexibility index (Phi) is 7.27. The molecule has 9 heteroatoms. The van der Waals surface area contributed by atoms with Crippen LogP contribution in [0.2, 0.25) is 0 Å². The highest BCUT2D eigenvalue weighted by molar-refractivity contribution is 8.12. The predicted molar refractivity (Wildman–Crippen MR) is 119 cm³/mol. The average molecular weight is 428 g/mol. The fraction of sp³-hybridized carbons (Fsp3) is 0.300. The zero-order chi connectivity index (χ0) is 20.6. The lowest BCUT2D eigenvalue weighted by Crippen LogP contribution is -2.19. The Morgan fingerprint density at radius 3 is 2.83 bits per heavy atom. The van der Waals surface area contributed by atoms with Crippen LogP contribution in [-0.2, 0) is 17.6 Å². The third-order valence-corrected chi connectivity index (χ3v) is 6.30. The molecular weight excluding hydrogens is 406 g/mol. The van der Waals surface area contributed by atoms with Crippen molar-refractivity contribution in [2.45, 2.75) is 25.7 Å². The minimum absolute atomic E-state index is 0.167. The molecule has 0 saturated heterocycles. The van der Waals surface area contributed by atoms with Gasteiger partial charge in [-0.1, -0.05) is 0 Å². The van der Waals surface area contributed by atoms with Gasteiger partial charge >= 0.3 is 0 Å². The molecule has 3 N–H and O–H groups in total. The minimum atomic E-state index is -0.167. The maximum Gasteiger partial charge on any atom is 0.235 e. The van der Waals surface area contributed by atoms with Gasteiger partial charge in [-0.2, -0.15) is 10.4 Å². The number of nitrogens with zero attached hydrogens (tertiary/aromatic N) is 3. The Labute approximate surface area is 177 Å². The first-order valence-corrected chi connectivity index (χ1v) is 11.0. The van der Waals surface area contributed by atoms with E-state index in [0.717, 1.165) is 36.8 Å². The zero-order valence-electron chi connectivity index (χ0n) is 15.9. The van der Waals surface area contributed by atoms with Crippen molar-refractivity contribution in [2.75, 3.05) is 18.1 Å². The number of nitrogens with one attached hydrogen (secondary N) is 2. The summed E-state index contributed by atoms with van der Waals surface area (Å²) in [6.07, 6.45) is 4.14. The van der Waals surface area contributed by atoms with E-state index < -0.39 is 0 Å². The number of thioether (sulfide) groups is 1. The van der Waals surface area contributed by atoms with Crippen molar-refractivity contribution in [1.82, 2.24) is 5.43 Å². The summed E-state index contributed by atoms with van der Waals surface area (Å²) in [7, 11) is 1.64. The van der Waals surface area contributed by atoms with Gasteiger partial charge in [-0.3, -0.25) is 15.2 Å². The van der Waals surface area contributed by atoms with Crippen LogP contribution in [0.4, 0.5) is 5.00 Å². The lowest BCUT2D eigenvalue weighted by Gasteiger charge is -2.09. The first-order chi connectivity index (χ1) is 14.1. The van der Waals surface area contributed by atoms with E-state index in [2.05, 4.69) is 26.9 Å². The molecule has 0 fully saturated rings. The van der Waals surface area contributed by atoms with Gasteiger partial charge in [-0.25, -0.2) is 0 Å². The zero-order valence-corrected chi connectivity index (χ0v) is 17.6. The molecule has 1 aromatic carbocycles. The summed E-state index contributed by atoms with van der Waals surface area (Å²) in [5, 5.41) is 26.4. The smallest absolute Gasteiger partial charge is 0.235 e. The number of carbonyl (C=O) groups is 1. The second-order valence-corrected chi connectivity index (χ2v) is 8.29. The summed E-state index contributed by atoms with van der Waals surface area (Å²) in [5.41, 5.74) is 6.88. The number of phenolic OH excluding ortho intramolecular Hbond substituents is 1. The number of hydrogen-bond acceptors (Lipinski definition) is 7. The Morgan fingerprint density at radius 2 is 2.10 bits per heavy atom. The third-order valence-electron chi connectivity index (χ3n) is 4.41. The van der Waals surface area contributed by atoms with Crippen molar-refractivity contribution in [2.24, 2.45) is 10.1 Å². The predicted octanol–water partition coefficient (Wildman–Crippen LogP) is 3.49. The van der Waals surface area contributed by atoms with E-state index in [1.807, 2.05) is 0 Å². The highest BCUT2D eigenvalue weighted by atomic mass is 32.2. The van der Waals surface area contributed by atoms with Gasteiger partial charge in [0.2, 0.25) is 5.91 Å². The molecule has 1 aliphatic rings. The number of aryl methyl sites for hydroxylation is 1. The number of hydrogen-bond donors (Lipinski definition) is 3. The van der Waals surface area contributed by atoms with Crippen LogP contribution in [0, 0.1) is 11.3 Å². The van der Waals surface area contributed by atoms with Crippen LogP contribution < -0.4 is 10.7 Å². The summed E-state index contributed by atoms with van der Waals surface area (Å²) >= 11 is 2.76. The number of fused-ring (bicyclic) bond motifs is 1. The number of thiophene rings is 1. The monoisotopic (exact) mass is 427 g/mol. The maximum absolute atomic E-state index is 12.2. The number of phenols is 1. The summed E-state index contributed by atoms with van der Waals surface area (Å²) < 4.78 is 0. The summed E-state index contributed by atoms with van der Waals surface area (Å²) in [5.74, 6) is 0.755. The van der Waals surface area contributed by atoms with Crippen LogP contribution in [-0.4, -0.2) is 35.2 Å². The van der Waals surface area contributed by atoms with E-state index in [0.29, 0.717) is 16.4 Å². The number of aromatic hydroxyl groups is 1. The molecule has 1 heterocycles. The summed E-state index contributed by atoms with van der Waals surface area (Å²) in [4.78, 5) is 17.6. The van der Waals surface area contributed by atoms with E-state index in [-0.39, 0.29) is 17.4 Å². The number of amidine groups is 1. The Bertz CT molecular complexity index is 974. The van der Waals surface area contributed by atoms with Gasteiger partial charge in [0.15, 0.2) is 0 Å². The molecule has 2 aromatic rings. The number of benzene rings is 1. The van der Waals surface area contributed by atoms with Crippen molar-refractivity contribution < 1.29 is 9.90 Å². The SMILES string of the molecule is CN=C(N/N=C/SCC(=O)Nc1sc2c(c1C#N)CCCC2)c1ccc(O)cc1. The molecule has 1 amide bonds. The van der Waals surface area contributed by atoms with Gasteiger partial charge in [-0.15, -0.1) is 23.1 Å². The Hall–Kier alpha value is -2.83. The molecule has 0 bridgehead atoms. The summed E-state index contributed by atoms with van der Waals surface area (Å²) in [6, 6.07) is 8.85. The lowest BCUT2D eigenvalue weighted by atomic mass is 9.96. The van der Waals surface area contributed by atoms with Gasteiger partial charge in [-0.05, 0) is 55.5 Å². The highest BCUT2D eigenvalue weighted by Crippen LogP contribution is 2.37. The molecule has 1 aliphatic carbocycles. The van der Waals surface area contributed by atoms with Gasteiger partial charge in [0.1, 0.15) is 22.7 Å². The molecule has 0 radical (unpaired) electrons. The topological polar surface area (TPSA) is 110 Å². The highest BCUT2D eigenvalue weighted by Gasteiger charge is 2.21. The molecule has 0 saturated carbocycles. The number of hydrazone groups is 1. The van der Waals surface area contributed by atoms with E-state index in [9.17, 15) is 15.2 Å². The van der Waals surface area contributed by atoms with E-state index >= 15 is 0 Å². The fourth-order valence-corrected chi connectivity index (χ4v) is 4.72. The standard InChI is InChI=1S/C20H21N5O2S2/c1-22-19(13-6-8-14(26)9-7-13)25-23-12-28-11-18(27)24-20-16(10-21)15-4-2-3-5-17(15)29-20/h6-9,12,26H,2-5,11H2,1H3,(H,22,25)(H,24,27)/b23-12+. The van der Waals surface area contributed by atoms with Crippen LogP contribution >= 0.6 is 23.1 Å². The van der Waals surface area contributed by atoms with Crippen molar-refractivity contribution in [3.8, 4) is 11.8 Å². The molecular formula is C20H21N5O2S2. The van der Waals surface area contributed by atoms with Crippen LogP contribution in [0.25, 0.3) is 0 Å². The van der Waals surface area contributed by atoms with Gasteiger partial charge in [0, 0.05) is 17.5 Å². The molecule has 1 aromatic heterocycles. The largest absolute Gasteiger partial charge is 0.508 e. The van der Waals surface area contributed by atoms with Gasteiger partial charge < -0.3 is 10.4 Å². The van der Waals surface area contributed by atoms with Crippen LogP contribution in [0.3, 0.4) is 0 Å². The molecule has 150 valence electrons. The van der Waals surface area contributed by atoms with Crippen LogP contribution in [0.15, 0.2) is 34.4 Å². The van der Waals surface area contributed by atoms with E-state index in [1.165, 1.54) is 33.5 Å². The number of anilines is 1. The molecule has 3 rings (SSSR count). The van der Waals surface area contributed by atoms with Crippen LogP contribution in [0.5, 0.6) is 5.75 Å². The van der Waals surface area contributed by atoms with Crippen molar-refractivity contribution >= 4 is 45.4 Å². The lowest BCUT2D eigenvalue weighted by molar-refractivity contribution is -0.113. The first-order valence-electron chi connectivity index (χ1n) is 9.12. The van der Waals surface area contributed by atoms with Crippen LogP contribution in [0.1, 0.15) is 34.4 Å². The van der Waals surface area contributed by atoms with Crippen molar-refractivity contribution in [1.29, 1.82) is 5.26 Å².